The first kappa shape index (κ1) is 31.7. The summed E-state index contributed by atoms with van der Waals surface area (Å²) in [6, 6.07) is 25.9. The molecule has 0 fully saturated rings. The van der Waals surface area contributed by atoms with E-state index >= 15 is 0 Å². The molecule has 0 spiro atoms. The van der Waals surface area contributed by atoms with Crippen LogP contribution in [0, 0.1) is 11.6 Å². The Balaban J connectivity index is 0.000000309. The lowest BCUT2D eigenvalue weighted by molar-refractivity contribution is 0.0686. The van der Waals surface area contributed by atoms with E-state index in [2.05, 4.69) is 22.5 Å². The van der Waals surface area contributed by atoms with Gasteiger partial charge in [-0.05, 0) is 69.5 Å². The molecule has 0 saturated heterocycles. The van der Waals surface area contributed by atoms with E-state index in [-0.39, 0.29) is 24.6 Å². The fraction of sp³-hybridized carbons (Fsp3) is 0.0323. The summed E-state index contributed by atoms with van der Waals surface area (Å²) in [5.41, 5.74) is 2.78. The zero-order valence-corrected chi connectivity index (χ0v) is 21.1. The molecule has 0 atom stereocenters. The van der Waals surface area contributed by atoms with Crippen LogP contribution in [0.1, 0.15) is 44.8 Å². The number of carboxylic acids is 2. The highest BCUT2D eigenvalue weighted by atomic mass is 79.9. The summed E-state index contributed by atoms with van der Waals surface area (Å²) in [5, 5.41) is 17.3. The molecule has 0 aliphatic carbocycles. The Kier molecular flexibility index (Phi) is 13.7. The SMILES string of the molecule is C.C=Cc1ccc(C(=O)O)cc1.Fc1ccccc1Br.O=C(O)c1ccc(/C=C/c2ccccc2F)cc1. The van der Waals surface area contributed by atoms with Crippen molar-refractivity contribution in [3.05, 3.63) is 148 Å². The summed E-state index contributed by atoms with van der Waals surface area (Å²) >= 11 is 3.02. The Morgan fingerprint density at radius 1 is 0.658 bits per heavy atom. The highest BCUT2D eigenvalue weighted by molar-refractivity contribution is 9.10. The molecule has 38 heavy (non-hydrogen) atoms. The molecule has 0 unspecified atom stereocenters. The van der Waals surface area contributed by atoms with Gasteiger partial charge in [0.25, 0.3) is 0 Å². The standard InChI is InChI=1S/C15H11FO2.C9H8O2.C6H4BrF.CH4/c16-14-4-2-1-3-12(14)8-5-11-6-9-13(10-7-11)15(17)18;1-2-7-3-5-8(6-4-7)9(10)11;7-5-3-1-2-4-6(5)8;/h1-10H,(H,17,18);2-6H,1H2,(H,10,11);1-4H;1H4/b8-5+;;;. The smallest absolute Gasteiger partial charge is 0.335 e. The fourth-order valence-corrected chi connectivity index (χ4v) is 3.02. The Labute approximate surface area is 229 Å². The summed E-state index contributed by atoms with van der Waals surface area (Å²) in [4.78, 5) is 21.0. The minimum atomic E-state index is -0.959. The molecule has 0 bridgehead atoms. The first-order chi connectivity index (χ1) is 17.7. The number of benzene rings is 4. The molecule has 196 valence electrons. The Morgan fingerprint density at radius 3 is 1.50 bits per heavy atom. The van der Waals surface area contributed by atoms with E-state index in [0.717, 1.165) is 11.1 Å². The minimum absolute atomic E-state index is 0. The van der Waals surface area contributed by atoms with Crippen molar-refractivity contribution in [1.82, 2.24) is 0 Å². The first-order valence-electron chi connectivity index (χ1n) is 10.8. The summed E-state index contributed by atoms with van der Waals surface area (Å²) < 4.78 is 26.1. The van der Waals surface area contributed by atoms with E-state index in [1.807, 2.05) is 0 Å². The topological polar surface area (TPSA) is 74.6 Å². The zero-order chi connectivity index (χ0) is 27.2. The molecule has 0 heterocycles. The second kappa shape index (κ2) is 16.4. The van der Waals surface area contributed by atoms with Crippen LogP contribution in [0.15, 0.2) is 108 Å². The van der Waals surface area contributed by atoms with Gasteiger partial charge in [-0.1, -0.05) is 86.8 Å². The van der Waals surface area contributed by atoms with Crippen LogP contribution in [-0.4, -0.2) is 22.2 Å². The molecule has 7 heteroatoms. The van der Waals surface area contributed by atoms with Gasteiger partial charge >= 0.3 is 11.9 Å². The van der Waals surface area contributed by atoms with Crippen LogP contribution in [0.4, 0.5) is 8.78 Å². The van der Waals surface area contributed by atoms with Gasteiger partial charge in [0.15, 0.2) is 0 Å². The van der Waals surface area contributed by atoms with E-state index in [4.69, 9.17) is 10.2 Å². The van der Waals surface area contributed by atoms with Crippen LogP contribution in [-0.2, 0) is 0 Å². The average molecular weight is 581 g/mol. The van der Waals surface area contributed by atoms with Crippen LogP contribution < -0.4 is 0 Å². The molecule has 4 rings (SSSR count). The molecule has 0 aliphatic rings. The van der Waals surface area contributed by atoms with Gasteiger partial charge in [-0.2, -0.15) is 0 Å². The summed E-state index contributed by atoms with van der Waals surface area (Å²) in [5.74, 6) is -2.36. The van der Waals surface area contributed by atoms with Gasteiger partial charge in [0, 0.05) is 5.56 Å². The average Bonchev–Trinajstić information content (AvgIpc) is 2.91. The van der Waals surface area contributed by atoms with E-state index in [1.165, 1.54) is 24.3 Å². The third-order valence-corrected chi connectivity index (χ3v) is 5.38. The third-order valence-electron chi connectivity index (χ3n) is 4.74. The minimum Gasteiger partial charge on any atom is -0.478 e. The maximum absolute atomic E-state index is 13.3. The molecular weight excluding hydrogens is 554 g/mol. The number of aromatic carboxylic acids is 2. The molecule has 0 radical (unpaired) electrons. The Hall–Kier alpha value is -4.36. The largest absolute Gasteiger partial charge is 0.478 e. The van der Waals surface area contributed by atoms with Crippen LogP contribution in [0.2, 0.25) is 0 Å². The second-order valence-electron chi connectivity index (χ2n) is 7.33. The van der Waals surface area contributed by atoms with Gasteiger partial charge in [-0.15, -0.1) is 0 Å². The van der Waals surface area contributed by atoms with Crippen molar-refractivity contribution in [3.63, 3.8) is 0 Å². The van der Waals surface area contributed by atoms with Crippen molar-refractivity contribution in [1.29, 1.82) is 0 Å². The van der Waals surface area contributed by atoms with Crippen molar-refractivity contribution in [2.75, 3.05) is 0 Å². The molecule has 4 aromatic rings. The zero-order valence-electron chi connectivity index (χ0n) is 19.5. The normalized spacial score (nSPS) is 9.66. The Bertz CT molecular complexity index is 1340. The maximum Gasteiger partial charge on any atom is 0.335 e. The summed E-state index contributed by atoms with van der Waals surface area (Å²) in [7, 11) is 0. The van der Waals surface area contributed by atoms with Gasteiger partial charge in [0.2, 0.25) is 0 Å². The highest BCUT2D eigenvalue weighted by Gasteiger charge is 2.01. The fourth-order valence-electron chi connectivity index (χ4n) is 2.73. The molecule has 2 N–H and O–H groups in total. The molecule has 0 amide bonds. The van der Waals surface area contributed by atoms with E-state index in [1.54, 1.807) is 91.0 Å². The lowest BCUT2D eigenvalue weighted by Crippen LogP contribution is -1.94. The van der Waals surface area contributed by atoms with Crippen molar-refractivity contribution < 1.29 is 28.6 Å². The monoisotopic (exact) mass is 580 g/mol. The summed E-state index contributed by atoms with van der Waals surface area (Å²) in [6.07, 6.45) is 5.07. The number of hydrogen-bond acceptors (Lipinski definition) is 2. The van der Waals surface area contributed by atoms with Crippen LogP contribution >= 0.6 is 15.9 Å². The van der Waals surface area contributed by atoms with E-state index in [9.17, 15) is 18.4 Å². The number of halogens is 3. The van der Waals surface area contributed by atoms with Gasteiger partial charge < -0.3 is 10.2 Å². The lowest BCUT2D eigenvalue weighted by Gasteiger charge is -1.97. The molecule has 0 aromatic heterocycles. The molecule has 0 aliphatic heterocycles. The molecule has 0 saturated carbocycles. The van der Waals surface area contributed by atoms with Crippen molar-refractivity contribution >= 4 is 46.1 Å². The van der Waals surface area contributed by atoms with Gasteiger partial charge in [0.05, 0.1) is 15.6 Å². The number of carboxylic acid groups (broad SMARTS) is 2. The predicted molar refractivity (Wildman–Crippen MR) is 153 cm³/mol. The quantitative estimate of drug-likeness (QED) is 0.231. The second-order valence-corrected chi connectivity index (χ2v) is 8.18. The van der Waals surface area contributed by atoms with E-state index < -0.39 is 11.9 Å². The highest BCUT2D eigenvalue weighted by Crippen LogP contribution is 2.13. The predicted octanol–water partition coefficient (Wildman–Crippen LogP) is 8.95. The van der Waals surface area contributed by atoms with Crippen LogP contribution in [0.3, 0.4) is 0 Å². The van der Waals surface area contributed by atoms with Gasteiger partial charge in [0.1, 0.15) is 11.6 Å². The number of rotatable bonds is 5. The van der Waals surface area contributed by atoms with Crippen LogP contribution in [0.5, 0.6) is 0 Å². The first-order valence-corrected chi connectivity index (χ1v) is 11.6. The van der Waals surface area contributed by atoms with Crippen LogP contribution in [0.25, 0.3) is 18.2 Å². The Morgan fingerprint density at radius 2 is 1.11 bits per heavy atom. The molecule has 4 aromatic carbocycles. The number of hydrogen-bond donors (Lipinski definition) is 2. The molecular formula is C31H27BrF2O4. The lowest BCUT2D eigenvalue weighted by atomic mass is 10.1. The summed E-state index contributed by atoms with van der Waals surface area (Å²) in [6.45, 7) is 3.56. The van der Waals surface area contributed by atoms with Gasteiger partial charge in [-0.3, -0.25) is 0 Å². The third kappa shape index (κ3) is 10.7. The van der Waals surface area contributed by atoms with Gasteiger partial charge in [-0.25, -0.2) is 18.4 Å². The molecule has 4 nitrogen and oxygen atoms in total. The van der Waals surface area contributed by atoms with Crippen molar-refractivity contribution in [2.45, 2.75) is 7.43 Å². The van der Waals surface area contributed by atoms with Crippen molar-refractivity contribution in [3.8, 4) is 0 Å². The van der Waals surface area contributed by atoms with Crippen molar-refractivity contribution in [2.24, 2.45) is 0 Å². The number of carbonyl (C=O) groups is 2. The van der Waals surface area contributed by atoms with E-state index in [0.29, 0.717) is 15.6 Å². The maximum atomic E-state index is 13.3.